The minimum absolute atomic E-state index is 0.214. The van der Waals surface area contributed by atoms with Gasteiger partial charge in [-0.15, -0.1) is 11.3 Å². The predicted octanol–water partition coefficient (Wildman–Crippen LogP) is 5.19. The van der Waals surface area contributed by atoms with Crippen molar-refractivity contribution in [3.63, 3.8) is 0 Å². The van der Waals surface area contributed by atoms with Gasteiger partial charge in [-0.3, -0.25) is 4.79 Å². The molecule has 0 aliphatic heterocycles. The molecule has 0 atom stereocenters. The van der Waals surface area contributed by atoms with Gasteiger partial charge in [-0.05, 0) is 60.7 Å². The van der Waals surface area contributed by atoms with Gasteiger partial charge in [-0.2, -0.15) is 5.10 Å². The Morgan fingerprint density at radius 2 is 1.93 bits per heavy atom. The van der Waals surface area contributed by atoms with Crippen LogP contribution in [0.3, 0.4) is 0 Å². The summed E-state index contributed by atoms with van der Waals surface area (Å²) in [6, 6.07) is 11.7. The fraction of sp³-hybridized carbons (Fsp3) is 0.174. The van der Waals surface area contributed by atoms with E-state index in [2.05, 4.69) is 22.2 Å². The van der Waals surface area contributed by atoms with Crippen LogP contribution in [0.5, 0.6) is 0 Å². The molecule has 0 bridgehead atoms. The van der Waals surface area contributed by atoms with E-state index in [-0.39, 0.29) is 17.8 Å². The summed E-state index contributed by atoms with van der Waals surface area (Å²) < 4.78 is 29.7. The van der Waals surface area contributed by atoms with Crippen LogP contribution in [0.2, 0.25) is 0 Å². The lowest BCUT2D eigenvalue weighted by molar-refractivity contribution is 0.0990. The molecule has 0 N–H and O–H groups in total. The van der Waals surface area contributed by atoms with E-state index in [1.54, 1.807) is 10.9 Å². The minimum atomic E-state index is -0.712. The number of fused-ring (bicyclic) bond motifs is 3. The second-order valence-corrected chi connectivity index (χ2v) is 8.24. The van der Waals surface area contributed by atoms with Crippen LogP contribution in [0.15, 0.2) is 54.9 Å². The number of aryl methyl sites for hydroxylation is 2. The van der Waals surface area contributed by atoms with E-state index in [0.717, 1.165) is 53.2 Å². The molecule has 150 valence electrons. The van der Waals surface area contributed by atoms with E-state index < -0.39 is 11.6 Å². The van der Waals surface area contributed by atoms with Crippen molar-refractivity contribution in [1.82, 2.24) is 14.8 Å². The zero-order valence-corrected chi connectivity index (χ0v) is 16.8. The number of aromatic nitrogens is 3. The monoisotopic (exact) mass is 421 g/mol. The number of benzene rings is 2. The highest BCUT2D eigenvalue weighted by atomic mass is 32.1. The Labute approximate surface area is 175 Å². The maximum atomic E-state index is 14.0. The number of hydrogen-bond donors (Lipinski definition) is 0. The number of ketones is 1. The first-order valence-electron chi connectivity index (χ1n) is 9.69. The number of hydrogen-bond acceptors (Lipinski definition) is 4. The molecule has 30 heavy (non-hydrogen) atoms. The van der Waals surface area contributed by atoms with Crippen molar-refractivity contribution in [1.29, 1.82) is 0 Å². The minimum Gasteiger partial charge on any atom is -0.291 e. The van der Waals surface area contributed by atoms with Crippen LogP contribution in [0, 0.1) is 11.6 Å². The van der Waals surface area contributed by atoms with Crippen LogP contribution in [-0.4, -0.2) is 20.5 Å². The Bertz CT molecular complexity index is 1230. The fourth-order valence-electron chi connectivity index (χ4n) is 3.79. The topological polar surface area (TPSA) is 47.8 Å². The maximum absolute atomic E-state index is 14.0. The van der Waals surface area contributed by atoms with Crippen molar-refractivity contribution < 1.29 is 13.6 Å². The van der Waals surface area contributed by atoms with E-state index in [4.69, 9.17) is 0 Å². The first-order chi connectivity index (χ1) is 14.6. The molecule has 1 aliphatic carbocycles. The van der Waals surface area contributed by atoms with E-state index in [0.29, 0.717) is 5.01 Å². The average Bonchev–Trinajstić information content (AvgIpc) is 3.39. The van der Waals surface area contributed by atoms with Crippen molar-refractivity contribution >= 4 is 17.1 Å². The summed E-state index contributed by atoms with van der Waals surface area (Å²) in [5.74, 6) is -1.80. The molecule has 4 aromatic rings. The highest BCUT2D eigenvalue weighted by Gasteiger charge is 2.24. The fourth-order valence-corrected chi connectivity index (χ4v) is 4.89. The molecule has 2 aromatic carbocycles. The van der Waals surface area contributed by atoms with Crippen molar-refractivity contribution in [3.05, 3.63) is 88.3 Å². The number of halogens is 2. The summed E-state index contributed by atoms with van der Waals surface area (Å²) in [5.41, 5.74) is 3.83. The number of carbonyl (C=O) groups excluding carboxylic acids is 1. The predicted molar refractivity (Wildman–Crippen MR) is 111 cm³/mol. The van der Waals surface area contributed by atoms with E-state index in [1.165, 1.54) is 23.0 Å². The van der Waals surface area contributed by atoms with Crippen LogP contribution in [0.25, 0.3) is 16.1 Å². The second kappa shape index (κ2) is 7.57. The largest absolute Gasteiger partial charge is 0.291 e. The average molecular weight is 421 g/mol. The standard InChI is InChI=1S/C23H17F2N3OS/c24-18-5-2-6-19(25)17(18)13-21(29)23-27-20-7-1-4-14-8-9-15(28-11-3-10-26-28)12-16(14)22(20)30-23/h2-3,5-6,8-12H,1,4,7,13H2. The van der Waals surface area contributed by atoms with E-state index in [9.17, 15) is 13.6 Å². The van der Waals surface area contributed by atoms with Gasteiger partial charge in [0, 0.05) is 24.4 Å². The van der Waals surface area contributed by atoms with Gasteiger partial charge in [0.15, 0.2) is 10.8 Å². The van der Waals surface area contributed by atoms with E-state index in [1.807, 2.05) is 18.3 Å². The SMILES string of the molecule is O=C(Cc1c(F)cccc1F)c1nc2c(s1)-c1cc(-n3cccn3)ccc1CCC2. The molecule has 0 saturated carbocycles. The molecule has 0 fully saturated rings. The summed E-state index contributed by atoms with van der Waals surface area (Å²) in [6.45, 7) is 0. The second-order valence-electron chi connectivity index (χ2n) is 7.24. The Hall–Kier alpha value is -3.19. The zero-order valence-electron chi connectivity index (χ0n) is 15.9. The van der Waals surface area contributed by atoms with Gasteiger partial charge >= 0.3 is 0 Å². The lowest BCUT2D eigenvalue weighted by Gasteiger charge is -2.09. The molecule has 5 rings (SSSR count). The third-order valence-corrected chi connectivity index (χ3v) is 6.47. The summed E-state index contributed by atoms with van der Waals surface area (Å²) in [4.78, 5) is 18.3. The van der Waals surface area contributed by atoms with Gasteiger partial charge in [-0.1, -0.05) is 12.1 Å². The van der Waals surface area contributed by atoms with Gasteiger partial charge < -0.3 is 0 Å². The van der Waals surface area contributed by atoms with Gasteiger partial charge in [0.1, 0.15) is 11.6 Å². The van der Waals surface area contributed by atoms with Gasteiger partial charge in [0.2, 0.25) is 0 Å². The lowest BCUT2D eigenvalue weighted by Crippen LogP contribution is -2.07. The Morgan fingerprint density at radius 3 is 2.70 bits per heavy atom. The van der Waals surface area contributed by atoms with Crippen molar-refractivity contribution in [2.24, 2.45) is 0 Å². The summed E-state index contributed by atoms with van der Waals surface area (Å²) in [6.07, 6.45) is 5.89. The van der Waals surface area contributed by atoms with Crippen molar-refractivity contribution in [3.8, 4) is 16.1 Å². The molecule has 0 unspecified atom stereocenters. The molecule has 0 radical (unpaired) electrons. The Kier molecular flexibility index (Phi) is 4.75. The number of rotatable bonds is 4. The Morgan fingerprint density at radius 1 is 1.10 bits per heavy atom. The molecular formula is C23H17F2N3OS. The van der Waals surface area contributed by atoms with Gasteiger partial charge in [-0.25, -0.2) is 18.4 Å². The van der Waals surface area contributed by atoms with Crippen LogP contribution in [0.4, 0.5) is 8.78 Å². The molecule has 0 spiro atoms. The molecule has 0 saturated heterocycles. The lowest BCUT2D eigenvalue weighted by atomic mass is 10.0. The number of Topliss-reactive ketones (excluding diaryl/α,β-unsaturated/α-hetero) is 1. The highest BCUT2D eigenvalue weighted by molar-refractivity contribution is 7.17. The number of thiazole rings is 1. The number of carbonyl (C=O) groups is 1. The van der Waals surface area contributed by atoms with Crippen LogP contribution in [0.1, 0.15) is 33.0 Å². The van der Waals surface area contributed by atoms with E-state index >= 15 is 0 Å². The molecule has 2 heterocycles. The van der Waals surface area contributed by atoms with Crippen LogP contribution < -0.4 is 0 Å². The van der Waals surface area contributed by atoms with Gasteiger partial charge in [0.05, 0.1) is 16.3 Å². The van der Waals surface area contributed by atoms with Crippen molar-refractivity contribution in [2.45, 2.75) is 25.7 Å². The Balaban J connectivity index is 1.53. The maximum Gasteiger partial charge on any atom is 0.195 e. The first-order valence-corrected chi connectivity index (χ1v) is 10.5. The van der Waals surface area contributed by atoms with Gasteiger partial charge in [0.25, 0.3) is 0 Å². The summed E-state index contributed by atoms with van der Waals surface area (Å²) in [7, 11) is 0. The molecule has 1 aliphatic rings. The normalized spacial score (nSPS) is 12.9. The molecule has 2 aromatic heterocycles. The summed E-state index contributed by atoms with van der Waals surface area (Å²) in [5, 5.41) is 4.58. The molecule has 4 nitrogen and oxygen atoms in total. The highest BCUT2D eigenvalue weighted by Crippen LogP contribution is 2.38. The van der Waals surface area contributed by atoms with Crippen LogP contribution in [-0.2, 0) is 19.3 Å². The first kappa shape index (κ1) is 18.8. The smallest absolute Gasteiger partial charge is 0.195 e. The van der Waals surface area contributed by atoms with Crippen molar-refractivity contribution in [2.75, 3.05) is 0 Å². The molecule has 7 heteroatoms. The van der Waals surface area contributed by atoms with Crippen LogP contribution >= 0.6 is 11.3 Å². The number of nitrogens with zero attached hydrogens (tertiary/aromatic N) is 3. The third kappa shape index (κ3) is 3.35. The summed E-state index contributed by atoms with van der Waals surface area (Å²) >= 11 is 1.30. The molecule has 0 amide bonds. The zero-order chi connectivity index (χ0) is 20.7. The molecular weight excluding hydrogens is 404 g/mol. The quantitative estimate of drug-likeness (QED) is 0.426. The third-order valence-electron chi connectivity index (χ3n) is 5.30.